The molecule has 0 radical (unpaired) electrons. The van der Waals surface area contributed by atoms with Crippen molar-refractivity contribution in [2.75, 3.05) is 0 Å². The molecule has 2 aromatic carbocycles. The van der Waals surface area contributed by atoms with E-state index < -0.39 is 11.3 Å². The van der Waals surface area contributed by atoms with Crippen LogP contribution in [0.2, 0.25) is 0 Å². The van der Waals surface area contributed by atoms with Crippen LogP contribution in [0, 0.1) is 16.7 Å². The molecule has 5 nitrogen and oxygen atoms in total. The summed E-state index contributed by atoms with van der Waals surface area (Å²) in [4.78, 5) is 25.3. The third-order valence-electron chi connectivity index (χ3n) is 5.22. The highest BCUT2D eigenvalue weighted by Crippen LogP contribution is 2.38. The Hall–Kier alpha value is -3.39. The third kappa shape index (κ3) is 3.79. The van der Waals surface area contributed by atoms with Gasteiger partial charge < -0.3 is 10.3 Å². The van der Waals surface area contributed by atoms with Crippen LogP contribution in [-0.2, 0) is 11.3 Å². The molecule has 29 heavy (non-hydrogen) atoms. The molecule has 0 unspecified atom stereocenters. The second kappa shape index (κ2) is 7.92. The van der Waals surface area contributed by atoms with Gasteiger partial charge in [0.15, 0.2) is 5.78 Å². The van der Waals surface area contributed by atoms with Crippen LogP contribution in [0.3, 0.4) is 0 Å². The van der Waals surface area contributed by atoms with Crippen LogP contribution < -0.4 is 5.73 Å². The Morgan fingerprint density at radius 3 is 2.41 bits per heavy atom. The summed E-state index contributed by atoms with van der Waals surface area (Å²) in [7, 11) is 0. The van der Waals surface area contributed by atoms with E-state index in [2.05, 4.69) is 6.07 Å². The van der Waals surface area contributed by atoms with Gasteiger partial charge >= 0.3 is 0 Å². The molecule has 1 aromatic heterocycles. The molecule has 1 heterocycles. The van der Waals surface area contributed by atoms with Crippen molar-refractivity contribution in [3.8, 4) is 17.2 Å². The van der Waals surface area contributed by atoms with Crippen LogP contribution in [-0.4, -0.2) is 16.3 Å². The number of carbonyl (C=O) groups is 2. The van der Waals surface area contributed by atoms with Crippen molar-refractivity contribution in [1.82, 2.24) is 4.57 Å². The van der Waals surface area contributed by atoms with E-state index in [1.165, 1.54) is 0 Å². The van der Waals surface area contributed by atoms with Crippen LogP contribution in [0.15, 0.2) is 48.5 Å². The number of carbonyl (C=O) groups excluding carboxylic acids is 2. The summed E-state index contributed by atoms with van der Waals surface area (Å²) in [5.41, 5.74) is 8.41. The Kier molecular flexibility index (Phi) is 5.56. The molecular formula is C24H25N3O2. The number of hydrogen-bond donors (Lipinski definition) is 1. The molecule has 0 saturated carbocycles. The minimum Gasteiger partial charge on any atom is -0.369 e. The van der Waals surface area contributed by atoms with Gasteiger partial charge in [-0.3, -0.25) is 9.59 Å². The molecule has 3 aromatic rings. The van der Waals surface area contributed by atoms with Gasteiger partial charge in [0.2, 0.25) is 5.91 Å². The number of amides is 1. The summed E-state index contributed by atoms with van der Waals surface area (Å²) in [6.07, 6.45) is 1.12. The van der Waals surface area contributed by atoms with E-state index in [1.807, 2.05) is 54.0 Å². The molecule has 3 rings (SSSR count). The zero-order valence-corrected chi connectivity index (χ0v) is 17.0. The first-order chi connectivity index (χ1) is 13.8. The first kappa shape index (κ1) is 20.3. The minimum absolute atomic E-state index is 0.0151. The number of nitriles is 1. The van der Waals surface area contributed by atoms with Gasteiger partial charge in [-0.15, -0.1) is 0 Å². The third-order valence-corrected chi connectivity index (χ3v) is 5.22. The highest BCUT2D eigenvalue weighted by Gasteiger charge is 2.31. The van der Waals surface area contributed by atoms with Crippen LogP contribution >= 0.6 is 0 Å². The molecule has 0 aliphatic rings. The fourth-order valence-electron chi connectivity index (χ4n) is 3.59. The topological polar surface area (TPSA) is 88.9 Å². The van der Waals surface area contributed by atoms with Gasteiger partial charge in [0.1, 0.15) is 0 Å². The maximum absolute atomic E-state index is 13.2. The van der Waals surface area contributed by atoms with Crippen LogP contribution in [0.25, 0.3) is 22.0 Å². The zero-order valence-electron chi connectivity index (χ0n) is 17.0. The van der Waals surface area contributed by atoms with E-state index in [-0.39, 0.29) is 12.3 Å². The molecule has 0 aliphatic heterocycles. The van der Waals surface area contributed by atoms with Crippen molar-refractivity contribution in [2.24, 2.45) is 11.1 Å². The number of benzene rings is 2. The fourth-order valence-corrected chi connectivity index (χ4v) is 3.59. The largest absolute Gasteiger partial charge is 0.369 e. The second-order valence-electron chi connectivity index (χ2n) is 7.94. The standard InChI is InChI=1S/C24H25N3O2/c1-4-8-20(28)22-21(17-9-6-5-7-10-17)18-13-16(14-25)11-12-19(18)27(22)15-24(2,3)23(26)29/h5-7,9-13H,4,8,15H2,1-3H3,(H2,26,29). The summed E-state index contributed by atoms with van der Waals surface area (Å²) in [6, 6.07) is 17.3. The Labute approximate surface area is 170 Å². The number of primary amides is 1. The number of fused-ring (bicyclic) bond motifs is 1. The van der Waals surface area contributed by atoms with Crippen molar-refractivity contribution < 1.29 is 9.59 Å². The van der Waals surface area contributed by atoms with Crippen LogP contribution in [0.5, 0.6) is 0 Å². The smallest absolute Gasteiger partial charge is 0.224 e. The maximum Gasteiger partial charge on any atom is 0.224 e. The molecular weight excluding hydrogens is 362 g/mol. The highest BCUT2D eigenvalue weighted by molar-refractivity contribution is 6.11. The van der Waals surface area contributed by atoms with Crippen molar-refractivity contribution >= 4 is 22.6 Å². The SMILES string of the molecule is CCCC(=O)c1c(-c2ccccc2)c2cc(C#N)ccc2n1CC(C)(C)C(N)=O. The van der Waals surface area contributed by atoms with Gasteiger partial charge in [-0.2, -0.15) is 5.26 Å². The summed E-state index contributed by atoms with van der Waals surface area (Å²) in [5, 5.41) is 10.2. The number of nitrogens with two attached hydrogens (primary N) is 1. The molecule has 0 aliphatic carbocycles. The van der Waals surface area contributed by atoms with E-state index in [4.69, 9.17) is 5.73 Å². The molecule has 0 bridgehead atoms. The average molecular weight is 387 g/mol. The number of Topliss-reactive ketones (excluding diaryl/α,β-unsaturated/α-hetero) is 1. The van der Waals surface area contributed by atoms with Gasteiger partial charge in [0.25, 0.3) is 0 Å². The average Bonchev–Trinajstić information content (AvgIpc) is 3.01. The minimum atomic E-state index is -0.838. The summed E-state index contributed by atoms with van der Waals surface area (Å²) < 4.78 is 1.90. The fraction of sp³-hybridized carbons (Fsp3) is 0.292. The number of hydrogen-bond acceptors (Lipinski definition) is 3. The Morgan fingerprint density at radius 2 is 1.83 bits per heavy atom. The van der Waals surface area contributed by atoms with Crippen molar-refractivity contribution in [3.63, 3.8) is 0 Å². The van der Waals surface area contributed by atoms with E-state index in [0.717, 1.165) is 28.5 Å². The van der Waals surface area contributed by atoms with E-state index >= 15 is 0 Å². The molecule has 0 fully saturated rings. The van der Waals surface area contributed by atoms with Crippen molar-refractivity contribution in [2.45, 2.75) is 40.2 Å². The molecule has 2 N–H and O–H groups in total. The van der Waals surface area contributed by atoms with Gasteiger partial charge in [0.05, 0.1) is 22.7 Å². The van der Waals surface area contributed by atoms with Gasteiger partial charge in [-0.25, -0.2) is 0 Å². The number of rotatable bonds is 7. The number of nitrogens with zero attached hydrogens (tertiary/aromatic N) is 2. The lowest BCUT2D eigenvalue weighted by Crippen LogP contribution is -2.36. The van der Waals surface area contributed by atoms with E-state index in [0.29, 0.717) is 17.7 Å². The summed E-state index contributed by atoms with van der Waals surface area (Å²) in [5.74, 6) is -0.413. The number of ketones is 1. The molecule has 5 heteroatoms. The van der Waals surface area contributed by atoms with E-state index in [1.54, 1.807) is 19.9 Å². The summed E-state index contributed by atoms with van der Waals surface area (Å²) in [6.45, 7) is 5.80. The van der Waals surface area contributed by atoms with Gasteiger partial charge in [0, 0.05) is 29.4 Å². The number of aromatic nitrogens is 1. The first-order valence-corrected chi connectivity index (χ1v) is 9.75. The molecule has 0 spiro atoms. The molecule has 0 atom stereocenters. The Bertz CT molecular complexity index is 1120. The predicted molar refractivity (Wildman–Crippen MR) is 114 cm³/mol. The van der Waals surface area contributed by atoms with Gasteiger partial charge in [-0.05, 0) is 44.0 Å². The monoisotopic (exact) mass is 387 g/mol. The lowest BCUT2D eigenvalue weighted by atomic mass is 9.92. The van der Waals surface area contributed by atoms with Gasteiger partial charge in [-0.1, -0.05) is 37.3 Å². The second-order valence-corrected chi connectivity index (χ2v) is 7.94. The zero-order chi connectivity index (χ0) is 21.2. The normalized spacial score (nSPS) is 11.4. The highest BCUT2D eigenvalue weighted by atomic mass is 16.1. The van der Waals surface area contributed by atoms with Crippen LogP contribution in [0.1, 0.15) is 49.7 Å². The Balaban J connectivity index is 2.42. The summed E-state index contributed by atoms with van der Waals surface area (Å²) >= 11 is 0. The molecule has 1 amide bonds. The van der Waals surface area contributed by atoms with E-state index in [9.17, 15) is 14.9 Å². The van der Waals surface area contributed by atoms with Crippen molar-refractivity contribution in [1.29, 1.82) is 5.26 Å². The predicted octanol–water partition coefficient (Wildman–Crippen LogP) is 4.67. The quantitative estimate of drug-likeness (QED) is 0.597. The maximum atomic E-state index is 13.2. The first-order valence-electron chi connectivity index (χ1n) is 9.75. The molecule has 0 saturated heterocycles. The lowest BCUT2D eigenvalue weighted by molar-refractivity contribution is -0.126. The lowest BCUT2D eigenvalue weighted by Gasteiger charge is -2.23. The Morgan fingerprint density at radius 1 is 1.14 bits per heavy atom. The van der Waals surface area contributed by atoms with Crippen LogP contribution in [0.4, 0.5) is 0 Å². The molecule has 148 valence electrons. The van der Waals surface area contributed by atoms with Crippen molar-refractivity contribution in [3.05, 3.63) is 59.8 Å².